The molecule has 2 aromatic rings. The predicted molar refractivity (Wildman–Crippen MR) is 219 cm³/mol. The molecule has 2 amide bonds. The Hall–Kier alpha value is -1.33. The van der Waals surface area contributed by atoms with Crippen LogP contribution in [0.25, 0.3) is 4.72 Å². The van der Waals surface area contributed by atoms with Crippen LogP contribution in [0.1, 0.15) is 73.4 Å². The number of nitrogens with two attached hydrogens (primary N) is 2. The van der Waals surface area contributed by atoms with Gasteiger partial charge in [-0.15, -0.1) is 12.4 Å². The van der Waals surface area contributed by atoms with Gasteiger partial charge in [-0.05, 0) is 101 Å². The van der Waals surface area contributed by atoms with Crippen LogP contribution < -0.4 is 131 Å². The van der Waals surface area contributed by atoms with Gasteiger partial charge in [-0.2, -0.15) is 8.42 Å². The number of nitrogens with one attached hydrogen (secondary N) is 1. The summed E-state index contributed by atoms with van der Waals surface area (Å²) in [5.41, 5.74) is 15.7. The van der Waals surface area contributed by atoms with E-state index in [-0.39, 0.29) is 151 Å². The second-order valence-corrected chi connectivity index (χ2v) is 14.4. The van der Waals surface area contributed by atoms with Crippen LogP contribution in [0.2, 0.25) is 0 Å². The number of nitrogen functional groups attached to an aromatic ring is 2. The maximum atomic E-state index is 11.8. The van der Waals surface area contributed by atoms with Gasteiger partial charge in [-0.1, -0.05) is 27.7 Å². The number of anilines is 2. The van der Waals surface area contributed by atoms with Crippen molar-refractivity contribution < 1.29 is 169 Å². The fraction of sp³-hybridized carbons (Fsp3) is 0.444. The molecule has 0 atom stereocenters. The van der Waals surface area contributed by atoms with Crippen LogP contribution in [0.5, 0.6) is 0 Å². The second-order valence-electron chi connectivity index (χ2n) is 11.9. The Balaban J connectivity index is -0.000000352. The van der Waals surface area contributed by atoms with Gasteiger partial charge in [0.25, 0.3) is 16.2 Å². The molecule has 5 N–H and O–H groups in total. The monoisotopic (exact) mass is 974 g/mol. The average molecular weight is 976 g/mol. The SMILES string of the molecule is CC1=CC(=O)NS(=O)(=O)O1.CC1=CC(=O)[N-]S(=O)(=O)O1.CCN(CC)CCOC(=O)c1ccc(N)c(C)c1.CCN(CC)CCOC(=O)c1ccc(N)c(C)c1.Cl.[Cl-].[K+].[K+]. The molecule has 2 aliphatic rings. The van der Waals surface area contributed by atoms with Gasteiger partial charge in [0.1, 0.15) is 24.7 Å². The Labute approximate surface area is 451 Å². The number of rotatable bonds is 12. The molecule has 2 aromatic carbocycles. The summed E-state index contributed by atoms with van der Waals surface area (Å²) in [6, 6.07) is 10.4. The number of nitrogens with zero attached hydrogens (tertiary/aromatic N) is 3. The molecule has 0 fully saturated rings. The summed E-state index contributed by atoms with van der Waals surface area (Å²) < 4.78 is 65.0. The molecule has 60 heavy (non-hydrogen) atoms. The molecule has 18 nitrogen and oxygen atoms in total. The van der Waals surface area contributed by atoms with E-state index in [1.807, 2.05) is 13.8 Å². The van der Waals surface area contributed by atoms with Crippen LogP contribution >= 0.6 is 12.4 Å². The van der Waals surface area contributed by atoms with Crippen LogP contribution in [-0.4, -0.2) is 103 Å². The van der Waals surface area contributed by atoms with Crippen LogP contribution in [0, 0.1) is 13.8 Å². The zero-order valence-electron chi connectivity index (χ0n) is 35.8. The van der Waals surface area contributed by atoms with Gasteiger partial charge in [-0.3, -0.25) is 4.79 Å². The van der Waals surface area contributed by atoms with Crippen LogP contribution in [0.4, 0.5) is 11.4 Å². The fourth-order valence-corrected chi connectivity index (χ4v) is 5.89. The number of esters is 2. The number of hydrogen-bond donors (Lipinski definition) is 3. The van der Waals surface area contributed by atoms with Gasteiger partial charge in [0, 0.05) is 36.6 Å². The van der Waals surface area contributed by atoms with E-state index in [9.17, 15) is 36.0 Å². The summed E-state index contributed by atoms with van der Waals surface area (Å²) in [6.45, 7) is 21.1. The summed E-state index contributed by atoms with van der Waals surface area (Å²) in [6.07, 6.45) is 2.06. The number of likely N-dealkylation sites (N-methyl/N-ethyl adjacent to an activating group) is 2. The van der Waals surface area contributed by atoms with E-state index < -0.39 is 32.4 Å². The number of benzene rings is 2. The summed E-state index contributed by atoms with van der Waals surface area (Å²) in [7, 11) is -7.82. The molecule has 0 aliphatic carbocycles. The first-order valence-electron chi connectivity index (χ1n) is 17.5. The fourth-order valence-electron chi connectivity index (χ4n) is 4.46. The van der Waals surface area contributed by atoms with Crippen molar-refractivity contribution >= 4 is 68.1 Å². The van der Waals surface area contributed by atoms with Gasteiger partial charge < -0.3 is 61.0 Å². The van der Waals surface area contributed by atoms with Crippen molar-refractivity contribution in [3.63, 3.8) is 0 Å². The smallest absolute Gasteiger partial charge is 1.00 e. The van der Waals surface area contributed by atoms with Crippen LogP contribution in [0.15, 0.2) is 60.1 Å². The normalized spacial score (nSPS) is 13.9. The minimum Gasteiger partial charge on any atom is -1.00 e. The molecule has 0 unspecified atom stereocenters. The van der Waals surface area contributed by atoms with Crippen molar-refractivity contribution in [3.05, 3.63) is 87.0 Å². The maximum Gasteiger partial charge on any atom is 1.00 e. The van der Waals surface area contributed by atoms with Crippen molar-refractivity contribution in [2.75, 3.05) is 63.9 Å². The summed E-state index contributed by atoms with van der Waals surface area (Å²) in [4.78, 5) is 48.8. The van der Waals surface area contributed by atoms with E-state index in [0.717, 1.165) is 62.5 Å². The van der Waals surface area contributed by atoms with E-state index >= 15 is 0 Å². The second kappa shape index (κ2) is 33.2. The molecule has 0 aromatic heterocycles. The largest absolute Gasteiger partial charge is 1.00 e. The Morgan fingerprint density at radius 3 is 1.38 bits per heavy atom. The van der Waals surface area contributed by atoms with E-state index in [0.29, 0.717) is 35.7 Å². The van der Waals surface area contributed by atoms with Crippen molar-refractivity contribution in [3.8, 4) is 0 Å². The van der Waals surface area contributed by atoms with Crippen molar-refractivity contribution in [1.82, 2.24) is 14.5 Å². The molecular weight excluding hydrogens is 922 g/mol. The zero-order valence-corrected chi connectivity index (χ0v) is 45.2. The first-order chi connectivity index (χ1) is 26.1. The minimum absolute atomic E-state index is 0. The third-order valence-electron chi connectivity index (χ3n) is 7.65. The van der Waals surface area contributed by atoms with E-state index in [1.165, 1.54) is 13.8 Å². The molecule has 0 saturated carbocycles. The Morgan fingerprint density at radius 2 is 1.08 bits per heavy atom. The summed E-state index contributed by atoms with van der Waals surface area (Å²) in [5, 5.41) is 0. The third-order valence-corrected chi connectivity index (χ3v) is 9.46. The molecule has 0 radical (unpaired) electrons. The minimum atomic E-state index is -3.97. The van der Waals surface area contributed by atoms with E-state index in [1.54, 1.807) is 41.1 Å². The Morgan fingerprint density at radius 1 is 0.700 bits per heavy atom. The summed E-state index contributed by atoms with van der Waals surface area (Å²) in [5.74, 6) is -1.94. The van der Waals surface area contributed by atoms with Crippen molar-refractivity contribution in [1.29, 1.82) is 0 Å². The average Bonchev–Trinajstić information content (AvgIpc) is 3.09. The first kappa shape index (κ1) is 65.3. The summed E-state index contributed by atoms with van der Waals surface area (Å²) >= 11 is 0. The van der Waals surface area contributed by atoms with E-state index in [2.05, 4.69) is 50.6 Å². The number of allylic oxidation sites excluding steroid dienone is 2. The number of ether oxygens (including phenoxy) is 2. The molecule has 0 saturated heterocycles. The molecule has 24 heteroatoms. The number of carbonyl (C=O) groups excluding carboxylic acids is 4. The van der Waals surface area contributed by atoms with Crippen LogP contribution in [-0.2, 0) is 48.0 Å². The van der Waals surface area contributed by atoms with Gasteiger partial charge in [0.2, 0.25) is 0 Å². The number of halogens is 2. The van der Waals surface area contributed by atoms with E-state index in [4.69, 9.17) is 20.9 Å². The molecule has 328 valence electrons. The topological polar surface area (TPSA) is 258 Å². The zero-order chi connectivity index (χ0) is 42.6. The van der Waals surface area contributed by atoms with Gasteiger partial charge in [-0.25, -0.2) is 22.7 Å². The first-order valence-corrected chi connectivity index (χ1v) is 20.3. The van der Waals surface area contributed by atoms with Gasteiger partial charge in [0.05, 0.1) is 17.0 Å². The predicted octanol–water partition coefficient (Wildman–Crippen LogP) is -5.07. The molecule has 2 heterocycles. The van der Waals surface area contributed by atoms with Crippen molar-refractivity contribution in [2.24, 2.45) is 0 Å². The quantitative estimate of drug-likeness (QED) is 0.102. The maximum absolute atomic E-state index is 11.8. The molecule has 4 rings (SSSR count). The van der Waals surface area contributed by atoms with Crippen molar-refractivity contribution in [2.45, 2.75) is 55.4 Å². The van der Waals surface area contributed by atoms with Gasteiger partial charge >= 0.3 is 125 Å². The molecule has 0 bridgehead atoms. The standard InChI is InChI=1S/2C14H22N2O2.2C4H5NO4S.2ClH.2K/c2*1-4-16(5-2)8-9-18-14(17)12-6-7-13(15)11(3)10-12;2*1-3-2-4(6)5-10(7,8)9-3;;;;/h2*6-7,10H,4-5,8-9,15H2,1-3H3;2*2H,1H3,(H,5,6);2*1H;;/q;;;;;;2*+1/p-2. The molecule has 2 aliphatic heterocycles. The third kappa shape index (κ3) is 27.0. The number of amides is 2. The number of hydrogen-bond acceptors (Lipinski definition) is 16. The Bertz CT molecular complexity index is 1830. The van der Waals surface area contributed by atoms with Crippen LogP contribution in [0.3, 0.4) is 0 Å². The Kier molecular flexibility index (Phi) is 36.1. The number of aryl methyl sites for hydroxylation is 2. The van der Waals surface area contributed by atoms with Gasteiger partial charge in [0.15, 0.2) is 0 Å². The molecule has 0 spiro atoms. The number of carbonyl (C=O) groups is 4. The molecular formula is C36H54Cl2K2N6O12S2.